The van der Waals surface area contributed by atoms with Crippen molar-refractivity contribution in [2.24, 2.45) is 0 Å². The summed E-state index contributed by atoms with van der Waals surface area (Å²) in [6.07, 6.45) is 5.84. The molecule has 0 saturated heterocycles. The first-order chi connectivity index (χ1) is 11.2. The van der Waals surface area contributed by atoms with Crippen molar-refractivity contribution in [3.8, 4) is 17.0 Å². The molecule has 1 amide bonds. The molecule has 1 aromatic heterocycles. The van der Waals surface area contributed by atoms with Gasteiger partial charge in [-0.25, -0.2) is 5.48 Å². The average molecular weight is 317 g/mol. The van der Waals surface area contributed by atoms with E-state index >= 15 is 0 Å². The third-order valence-electron chi connectivity index (χ3n) is 3.62. The number of aromatic nitrogens is 2. The van der Waals surface area contributed by atoms with E-state index in [0.717, 1.165) is 35.6 Å². The maximum Gasteiger partial charge on any atom is 0.243 e. The molecule has 124 valence electrons. The lowest BCUT2D eigenvalue weighted by Gasteiger charge is -2.07. The smallest absolute Gasteiger partial charge is 0.243 e. The molecule has 6 heteroatoms. The van der Waals surface area contributed by atoms with E-state index in [1.165, 1.54) is 12.8 Å². The Balaban J connectivity index is 1.97. The molecule has 3 N–H and O–H groups in total. The largest absolute Gasteiger partial charge is 0.494 e. The average Bonchev–Trinajstić information content (AvgIpc) is 3.05. The summed E-state index contributed by atoms with van der Waals surface area (Å²) in [5.41, 5.74) is 4.44. The fraction of sp³-hybridized carbons (Fsp3) is 0.412. The highest BCUT2D eigenvalue weighted by Gasteiger charge is 2.10. The number of hydrogen-bond acceptors (Lipinski definition) is 4. The van der Waals surface area contributed by atoms with E-state index in [1.54, 1.807) is 11.7 Å². The second-order valence-electron chi connectivity index (χ2n) is 5.39. The van der Waals surface area contributed by atoms with E-state index in [2.05, 4.69) is 17.1 Å². The lowest BCUT2D eigenvalue weighted by Crippen LogP contribution is -2.18. The zero-order chi connectivity index (χ0) is 16.5. The Labute approximate surface area is 135 Å². The van der Waals surface area contributed by atoms with Crippen LogP contribution in [0.1, 0.15) is 38.2 Å². The van der Waals surface area contributed by atoms with Crippen molar-refractivity contribution in [3.63, 3.8) is 0 Å². The minimum absolute atomic E-state index is 0.210. The summed E-state index contributed by atoms with van der Waals surface area (Å²) in [5, 5.41) is 15.6. The Morgan fingerprint density at radius 3 is 2.78 bits per heavy atom. The van der Waals surface area contributed by atoms with Gasteiger partial charge in [-0.3, -0.25) is 15.1 Å². The molecule has 0 unspecified atom stereocenters. The molecule has 1 aromatic carbocycles. The van der Waals surface area contributed by atoms with Crippen LogP contribution in [0, 0.1) is 0 Å². The minimum Gasteiger partial charge on any atom is -0.494 e. The molecular weight excluding hydrogens is 294 g/mol. The second kappa shape index (κ2) is 8.95. The van der Waals surface area contributed by atoms with Gasteiger partial charge in [-0.1, -0.05) is 19.8 Å². The van der Waals surface area contributed by atoms with E-state index in [9.17, 15) is 4.79 Å². The predicted octanol–water partition coefficient (Wildman–Crippen LogP) is 3.08. The van der Waals surface area contributed by atoms with Crippen LogP contribution in [0.25, 0.3) is 11.3 Å². The molecule has 0 radical (unpaired) electrons. The Morgan fingerprint density at radius 1 is 1.30 bits per heavy atom. The fourth-order valence-electron chi connectivity index (χ4n) is 2.31. The lowest BCUT2D eigenvalue weighted by molar-refractivity contribution is -0.129. The lowest BCUT2D eigenvalue weighted by atomic mass is 10.0. The number of nitrogens with zero attached hydrogens (tertiary/aromatic N) is 1. The number of carbonyl (C=O) groups excluding carboxylic acids is 1. The Morgan fingerprint density at radius 2 is 2.09 bits per heavy atom. The van der Waals surface area contributed by atoms with Crippen molar-refractivity contribution in [2.45, 2.75) is 39.0 Å². The van der Waals surface area contributed by atoms with E-state index in [0.29, 0.717) is 6.42 Å². The minimum atomic E-state index is -0.409. The van der Waals surface area contributed by atoms with Gasteiger partial charge in [0.2, 0.25) is 5.91 Å². The summed E-state index contributed by atoms with van der Waals surface area (Å²) < 4.78 is 5.70. The molecule has 0 fully saturated rings. The van der Waals surface area contributed by atoms with Crippen molar-refractivity contribution >= 4 is 5.91 Å². The Kier molecular flexibility index (Phi) is 6.62. The number of carbonyl (C=O) groups is 1. The number of amides is 1. The predicted molar refractivity (Wildman–Crippen MR) is 87.3 cm³/mol. The van der Waals surface area contributed by atoms with Crippen LogP contribution in [0.3, 0.4) is 0 Å². The first kappa shape index (κ1) is 17.0. The number of aryl methyl sites for hydroxylation is 1. The van der Waals surface area contributed by atoms with E-state index < -0.39 is 5.91 Å². The van der Waals surface area contributed by atoms with Crippen LogP contribution in [0.15, 0.2) is 30.5 Å². The van der Waals surface area contributed by atoms with Crippen LogP contribution in [0.4, 0.5) is 0 Å². The summed E-state index contributed by atoms with van der Waals surface area (Å²) >= 11 is 0. The quantitative estimate of drug-likeness (QED) is 0.377. The standard InChI is InChI=1S/C17H23N3O3/c1-2-3-4-11-23-15-8-5-13(6-9-15)17-14(12-18-19-17)7-10-16(21)20-22/h5-6,8-9,12,22H,2-4,7,10-11H2,1H3,(H,18,19)(H,20,21). The number of rotatable bonds is 9. The van der Waals surface area contributed by atoms with Crippen molar-refractivity contribution in [1.29, 1.82) is 0 Å². The number of hydroxylamine groups is 1. The summed E-state index contributed by atoms with van der Waals surface area (Å²) in [7, 11) is 0. The third kappa shape index (κ3) is 5.10. The molecular formula is C17H23N3O3. The first-order valence-corrected chi connectivity index (χ1v) is 7.93. The van der Waals surface area contributed by atoms with Crippen LogP contribution >= 0.6 is 0 Å². The highest BCUT2D eigenvalue weighted by Crippen LogP contribution is 2.24. The van der Waals surface area contributed by atoms with Crippen LogP contribution in [0.5, 0.6) is 5.75 Å². The van der Waals surface area contributed by atoms with Crippen LogP contribution in [-0.4, -0.2) is 27.9 Å². The van der Waals surface area contributed by atoms with Crippen LogP contribution in [0.2, 0.25) is 0 Å². The first-order valence-electron chi connectivity index (χ1n) is 7.93. The summed E-state index contributed by atoms with van der Waals surface area (Å²) in [5.74, 6) is 0.443. The summed E-state index contributed by atoms with van der Waals surface area (Å²) in [6, 6.07) is 7.81. The van der Waals surface area contributed by atoms with E-state index in [-0.39, 0.29) is 6.42 Å². The molecule has 0 bridgehead atoms. The van der Waals surface area contributed by atoms with Crippen molar-refractivity contribution in [3.05, 3.63) is 36.0 Å². The van der Waals surface area contributed by atoms with Gasteiger partial charge in [0, 0.05) is 12.0 Å². The molecule has 6 nitrogen and oxygen atoms in total. The van der Waals surface area contributed by atoms with Gasteiger partial charge in [0.1, 0.15) is 5.75 Å². The van der Waals surface area contributed by atoms with Gasteiger partial charge in [0.25, 0.3) is 0 Å². The van der Waals surface area contributed by atoms with Gasteiger partial charge in [0.15, 0.2) is 0 Å². The SMILES string of the molecule is CCCCCOc1ccc(-c2[nH]ncc2CCC(=O)NO)cc1. The molecule has 23 heavy (non-hydrogen) atoms. The molecule has 0 aliphatic heterocycles. The maximum atomic E-state index is 11.1. The third-order valence-corrected chi connectivity index (χ3v) is 3.62. The Bertz CT molecular complexity index is 608. The van der Waals surface area contributed by atoms with Gasteiger partial charge in [-0.2, -0.15) is 5.10 Å². The fourth-order valence-corrected chi connectivity index (χ4v) is 2.31. The number of benzene rings is 1. The number of hydrogen-bond donors (Lipinski definition) is 3. The zero-order valence-electron chi connectivity index (χ0n) is 13.3. The highest BCUT2D eigenvalue weighted by atomic mass is 16.5. The van der Waals surface area contributed by atoms with Crippen molar-refractivity contribution in [1.82, 2.24) is 15.7 Å². The number of unbranched alkanes of at least 4 members (excludes halogenated alkanes) is 2. The topological polar surface area (TPSA) is 87.2 Å². The summed E-state index contributed by atoms with van der Waals surface area (Å²) in [4.78, 5) is 11.1. The molecule has 2 aromatic rings. The van der Waals surface area contributed by atoms with E-state index in [4.69, 9.17) is 9.94 Å². The van der Waals surface area contributed by atoms with Crippen molar-refractivity contribution in [2.75, 3.05) is 6.61 Å². The van der Waals surface area contributed by atoms with Gasteiger partial charge in [0.05, 0.1) is 18.5 Å². The number of nitrogens with one attached hydrogen (secondary N) is 2. The van der Waals surface area contributed by atoms with Crippen LogP contribution in [-0.2, 0) is 11.2 Å². The van der Waals surface area contributed by atoms with Gasteiger partial charge in [-0.15, -0.1) is 0 Å². The molecule has 0 saturated carbocycles. The molecule has 0 atom stereocenters. The zero-order valence-corrected chi connectivity index (χ0v) is 13.3. The molecule has 0 aliphatic rings. The van der Waals surface area contributed by atoms with Crippen molar-refractivity contribution < 1.29 is 14.7 Å². The van der Waals surface area contributed by atoms with Gasteiger partial charge in [-0.05, 0) is 42.7 Å². The second-order valence-corrected chi connectivity index (χ2v) is 5.39. The number of aromatic amines is 1. The number of H-pyrrole nitrogens is 1. The monoisotopic (exact) mass is 317 g/mol. The maximum absolute atomic E-state index is 11.1. The normalized spacial score (nSPS) is 10.5. The molecule has 0 spiro atoms. The number of ether oxygens (including phenoxy) is 1. The molecule has 0 aliphatic carbocycles. The molecule has 1 heterocycles. The van der Waals surface area contributed by atoms with E-state index in [1.807, 2.05) is 24.3 Å². The van der Waals surface area contributed by atoms with Gasteiger partial charge < -0.3 is 4.74 Å². The van der Waals surface area contributed by atoms with Gasteiger partial charge >= 0.3 is 0 Å². The highest BCUT2D eigenvalue weighted by molar-refractivity contribution is 5.75. The van der Waals surface area contributed by atoms with Crippen LogP contribution < -0.4 is 10.2 Å². The summed E-state index contributed by atoms with van der Waals surface area (Å²) in [6.45, 7) is 2.90. The molecule has 2 rings (SSSR count). The Hall–Kier alpha value is -2.34.